The van der Waals surface area contributed by atoms with Gasteiger partial charge in [0.1, 0.15) is 3.23 Å². The Kier molecular flexibility index (Phi) is 3.84. The second kappa shape index (κ2) is 4.53. The summed E-state index contributed by atoms with van der Waals surface area (Å²) in [6, 6.07) is 4.94. The molecule has 1 aromatic carbocycles. The van der Waals surface area contributed by atoms with Crippen molar-refractivity contribution in [3.05, 3.63) is 23.8 Å². The molecule has 0 spiro atoms. The minimum absolute atomic E-state index is 0.0744. The van der Waals surface area contributed by atoms with Gasteiger partial charge in [-0.15, -0.1) is 0 Å². The second-order valence-corrected chi connectivity index (χ2v) is 6.90. The van der Waals surface area contributed by atoms with Crippen LogP contribution in [0.5, 0.6) is 11.5 Å². The molecule has 0 aliphatic heterocycles. The zero-order chi connectivity index (χ0) is 10.8. The molecule has 2 N–H and O–H groups in total. The Bertz CT molecular complexity index is 324. The van der Waals surface area contributed by atoms with Gasteiger partial charge >= 0.3 is 0 Å². The van der Waals surface area contributed by atoms with Crippen LogP contribution in [0.3, 0.4) is 0 Å². The Hall–Kier alpha value is -0.220. The summed E-state index contributed by atoms with van der Waals surface area (Å²) in [6.45, 7) is 2.05. The third kappa shape index (κ3) is 2.42. The summed E-state index contributed by atoms with van der Waals surface area (Å²) in [5, 5.41) is 19.0. The van der Waals surface area contributed by atoms with Gasteiger partial charge in [-0.05, 0) is 12.5 Å². The topological polar surface area (TPSA) is 40.5 Å². The molecule has 0 fully saturated rings. The van der Waals surface area contributed by atoms with Crippen molar-refractivity contribution in [3.63, 3.8) is 0 Å². The van der Waals surface area contributed by atoms with E-state index in [0.717, 1.165) is 12.8 Å². The molecule has 0 aliphatic carbocycles. The van der Waals surface area contributed by atoms with Crippen LogP contribution in [-0.4, -0.2) is 10.2 Å². The van der Waals surface area contributed by atoms with Crippen LogP contribution in [0.2, 0.25) is 0 Å². The highest BCUT2D eigenvalue weighted by molar-refractivity contribution is 9.24. The zero-order valence-corrected chi connectivity index (χ0v) is 11.0. The van der Waals surface area contributed by atoms with Gasteiger partial charge in [0, 0.05) is 5.56 Å². The largest absolute Gasteiger partial charge is 0.504 e. The van der Waals surface area contributed by atoms with Gasteiger partial charge in [0.25, 0.3) is 0 Å². The average molecular weight is 324 g/mol. The number of hydrogen-bond donors (Lipinski definition) is 2. The first-order chi connectivity index (χ1) is 6.49. The molecule has 0 unspecified atom stereocenters. The highest BCUT2D eigenvalue weighted by atomic mass is 79.9. The smallest absolute Gasteiger partial charge is 0.162 e. The first-order valence-electron chi connectivity index (χ1n) is 4.38. The van der Waals surface area contributed by atoms with Crippen molar-refractivity contribution in [2.45, 2.75) is 23.0 Å². The van der Waals surface area contributed by atoms with E-state index in [1.807, 2.05) is 0 Å². The standard InChI is InChI=1S/C10H12Br2O2/c1-2-6-10(11,12)7-4-3-5-8(13)9(7)14/h3-5,13-14H,2,6H2,1H3. The van der Waals surface area contributed by atoms with Crippen molar-refractivity contribution < 1.29 is 10.2 Å². The van der Waals surface area contributed by atoms with Gasteiger partial charge in [-0.3, -0.25) is 0 Å². The molecule has 0 aromatic heterocycles. The fourth-order valence-electron chi connectivity index (χ4n) is 1.28. The molecule has 1 aromatic rings. The molecule has 1 rings (SSSR count). The SMILES string of the molecule is CCCC(Br)(Br)c1cccc(O)c1O. The maximum Gasteiger partial charge on any atom is 0.162 e. The van der Waals surface area contributed by atoms with Crippen molar-refractivity contribution in [3.8, 4) is 11.5 Å². The zero-order valence-electron chi connectivity index (χ0n) is 7.80. The Labute approximate surface area is 100 Å². The van der Waals surface area contributed by atoms with Crippen LogP contribution in [-0.2, 0) is 3.23 Å². The number of halogens is 2. The van der Waals surface area contributed by atoms with Crippen LogP contribution in [0.15, 0.2) is 18.2 Å². The Balaban J connectivity index is 3.12. The Morgan fingerprint density at radius 2 is 1.93 bits per heavy atom. The molecule has 0 bridgehead atoms. The maximum absolute atomic E-state index is 9.65. The van der Waals surface area contributed by atoms with E-state index >= 15 is 0 Å². The second-order valence-electron chi connectivity index (χ2n) is 3.13. The van der Waals surface area contributed by atoms with Crippen LogP contribution in [0.4, 0.5) is 0 Å². The minimum atomic E-state index is -0.461. The lowest BCUT2D eigenvalue weighted by molar-refractivity contribution is 0.398. The molecule has 0 aliphatic rings. The molecule has 0 radical (unpaired) electrons. The molecule has 2 nitrogen and oxygen atoms in total. The summed E-state index contributed by atoms with van der Waals surface area (Å²) >= 11 is 6.96. The predicted octanol–water partition coefficient (Wildman–Crippen LogP) is 3.84. The molecule has 14 heavy (non-hydrogen) atoms. The van der Waals surface area contributed by atoms with Crippen LogP contribution < -0.4 is 0 Å². The number of rotatable bonds is 3. The van der Waals surface area contributed by atoms with Crippen molar-refractivity contribution in [2.24, 2.45) is 0 Å². The molecule has 0 saturated heterocycles. The summed E-state index contributed by atoms with van der Waals surface area (Å²) in [6.07, 6.45) is 1.79. The average Bonchev–Trinajstić information content (AvgIpc) is 2.09. The van der Waals surface area contributed by atoms with Crippen LogP contribution in [0, 0.1) is 0 Å². The van der Waals surface area contributed by atoms with E-state index in [1.54, 1.807) is 12.1 Å². The van der Waals surface area contributed by atoms with Crippen LogP contribution >= 0.6 is 31.9 Å². The van der Waals surface area contributed by atoms with Gasteiger partial charge in [-0.1, -0.05) is 57.3 Å². The Morgan fingerprint density at radius 3 is 2.50 bits per heavy atom. The summed E-state index contributed by atoms with van der Waals surface area (Å²) < 4.78 is -0.461. The number of phenolic OH excluding ortho intramolecular Hbond substituents is 2. The van der Waals surface area contributed by atoms with Gasteiger partial charge in [-0.25, -0.2) is 0 Å². The van der Waals surface area contributed by atoms with Crippen molar-refractivity contribution in [1.29, 1.82) is 0 Å². The highest BCUT2D eigenvalue weighted by Gasteiger charge is 2.28. The number of para-hydroxylation sites is 1. The number of phenols is 2. The summed E-state index contributed by atoms with van der Waals surface area (Å²) in [5.41, 5.74) is 0.652. The normalized spacial score (nSPS) is 11.6. The number of hydrogen-bond acceptors (Lipinski definition) is 2. The van der Waals surface area contributed by atoms with Crippen molar-refractivity contribution in [1.82, 2.24) is 0 Å². The quantitative estimate of drug-likeness (QED) is 0.655. The number of aromatic hydroxyl groups is 2. The fraction of sp³-hybridized carbons (Fsp3) is 0.400. The van der Waals surface area contributed by atoms with E-state index < -0.39 is 3.23 Å². The van der Waals surface area contributed by atoms with Gasteiger partial charge < -0.3 is 10.2 Å². The minimum Gasteiger partial charge on any atom is -0.504 e. The van der Waals surface area contributed by atoms with Crippen molar-refractivity contribution >= 4 is 31.9 Å². The predicted molar refractivity (Wildman–Crippen MR) is 64.2 cm³/mol. The Morgan fingerprint density at radius 1 is 1.29 bits per heavy atom. The first-order valence-corrected chi connectivity index (χ1v) is 5.97. The van der Waals surface area contributed by atoms with E-state index in [9.17, 15) is 10.2 Å². The highest BCUT2D eigenvalue weighted by Crippen LogP contribution is 2.48. The fourth-order valence-corrected chi connectivity index (χ4v) is 2.71. The lowest BCUT2D eigenvalue weighted by atomic mass is 10.1. The van der Waals surface area contributed by atoms with Crippen molar-refractivity contribution in [2.75, 3.05) is 0 Å². The molecule has 0 atom stereocenters. The van der Waals surface area contributed by atoms with Gasteiger partial charge in [-0.2, -0.15) is 0 Å². The summed E-state index contributed by atoms with van der Waals surface area (Å²) in [4.78, 5) is 0. The van der Waals surface area contributed by atoms with E-state index in [-0.39, 0.29) is 11.5 Å². The van der Waals surface area contributed by atoms with E-state index in [4.69, 9.17) is 0 Å². The summed E-state index contributed by atoms with van der Waals surface area (Å²) in [5.74, 6) is -0.170. The third-order valence-corrected chi connectivity index (χ3v) is 3.62. The molecular formula is C10H12Br2O2. The molecule has 0 amide bonds. The van der Waals surface area contributed by atoms with Gasteiger partial charge in [0.15, 0.2) is 11.5 Å². The van der Waals surface area contributed by atoms with Crippen LogP contribution in [0.25, 0.3) is 0 Å². The summed E-state index contributed by atoms with van der Waals surface area (Å²) in [7, 11) is 0. The number of benzene rings is 1. The van der Waals surface area contributed by atoms with Crippen LogP contribution in [0.1, 0.15) is 25.3 Å². The third-order valence-electron chi connectivity index (χ3n) is 1.97. The van der Waals surface area contributed by atoms with E-state index in [1.165, 1.54) is 6.07 Å². The first kappa shape index (κ1) is 11.9. The molecule has 0 heterocycles. The molecular weight excluding hydrogens is 312 g/mol. The van der Waals surface area contributed by atoms with Gasteiger partial charge in [0.2, 0.25) is 0 Å². The van der Waals surface area contributed by atoms with E-state index in [0.29, 0.717) is 5.56 Å². The molecule has 0 saturated carbocycles. The number of alkyl halides is 2. The lowest BCUT2D eigenvalue weighted by Gasteiger charge is -2.21. The molecule has 78 valence electrons. The van der Waals surface area contributed by atoms with E-state index in [2.05, 4.69) is 38.8 Å². The lowest BCUT2D eigenvalue weighted by Crippen LogP contribution is -2.08. The molecule has 4 heteroatoms. The maximum atomic E-state index is 9.65. The van der Waals surface area contributed by atoms with Gasteiger partial charge in [0.05, 0.1) is 0 Å². The monoisotopic (exact) mass is 322 g/mol.